The molecule has 254 valence electrons. The second-order valence-electron chi connectivity index (χ2n) is 13.9. The Labute approximate surface area is 299 Å². The minimum atomic E-state index is -0.371. The maximum absolute atomic E-state index is 13.8. The lowest BCUT2D eigenvalue weighted by Gasteiger charge is -2.32. The van der Waals surface area contributed by atoms with Crippen molar-refractivity contribution in [3.05, 3.63) is 141 Å². The zero-order valence-electron chi connectivity index (χ0n) is 29.4. The van der Waals surface area contributed by atoms with Gasteiger partial charge in [0.15, 0.2) is 5.78 Å². The summed E-state index contributed by atoms with van der Waals surface area (Å²) in [6, 6.07) is 16.9. The van der Waals surface area contributed by atoms with Crippen molar-refractivity contribution in [1.82, 2.24) is 4.90 Å². The predicted molar refractivity (Wildman–Crippen MR) is 209 cm³/mol. The van der Waals surface area contributed by atoms with E-state index in [0.29, 0.717) is 10.8 Å². The first-order valence-corrected chi connectivity index (χ1v) is 18.9. The van der Waals surface area contributed by atoms with Crippen LogP contribution < -0.4 is 0 Å². The largest absolute Gasteiger partial charge is 0.371 e. The number of hydrogen-bond donors (Lipinski definition) is 0. The molecule has 1 saturated carbocycles. The molecule has 3 nitrogen and oxygen atoms in total. The van der Waals surface area contributed by atoms with Crippen LogP contribution in [-0.4, -0.2) is 30.0 Å². The fourth-order valence-corrected chi connectivity index (χ4v) is 7.74. The third-order valence-electron chi connectivity index (χ3n) is 10.3. The molecular formula is C45H51ClN2O. The summed E-state index contributed by atoms with van der Waals surface area (Å²) >= 11 is 6.30. The van der Waals surface area contributed by atoms with Gasteiger partial charge in [0.1, 0.15) is 0 Å². The van der Waals surface area contributed by atoms with Crippen molar-refractivity contribution >= 4 is 35.2 Å². The van der Waals surface area contributed by atoms with Gasteiger partial charge < -0.3 is 4.90 Å². The Morgan fingerprint density at radius 2 is 1.82 bits per heavy atom. The van der Waals surface area contributed by atoms with Gasteiger partial charge in [0.25, 0.3) is 0 Å². The van der Waals surface area contributed by atoms with Crippen LogP contribution in [0.25, 0.3) is 11.6 Å². The van der Waals surface area contributed by atoms with Crippen molar-refractivity contribution in [3.63, 3.8) is 0 Å². The number of nitrogens with zero attached hydrogens (tertiary/aromatic N) is 2. The second-order valence-corrected chi connectivity index (χ2v) is 14.4. The smallest absolute Gasteiger partial charge is 0.169 e. The molecule has 1 fully saturated rings. The number of halogens is 1. The van der Waals surface area contributed by atoms with Gasteiger partial charge >= 0.3 is 0 Å². The molecule has 0 aromatic heterocycles. The summed E-state index contributed by atoms with van der Waals surface area (Å²) in [4.78, 5) is 20.9. The molecule has 2 aromatic rings. The minimum Gasteiger partial charge on any atom is -0.371 e. The zero-order valence-corrected chi connectivity index (χ0v) is 30.2. The number of carbonyl (C=O) groups excluding carboxylic acids is 1. The molecule has 49 heavy (non-hydrogen) atoms. The van der Waals surface area contributed by atoms with Gasteiger partial charge in [-0.05, 0) is 122 Å². The van der Waals surface area contributed by atoms with Crippen LogP contribution in [0.3, 0.4) is 0 Å². The number of Topliss-reactive ketones (excluding diaryl/α,β-unsaturated/α-hetero) is 1. The maximum atomic E-state index is 13.8. The van der Waals surface area contributed by atoms with Crippen molar-refractivity contribution < 1.29 is 4.79 Å². The van der Waals surface area contributed by atoms with E-state index in [0.717, 1.165) is 75.6 Å². The van der Waals surface area contributed by atoms with Crippen LogP contribution >= 0.6 is 11.6 Å². The number of fused-ring (bicyclic) bond motifs is 1. The number of aliphatic imine (C=N–C) groups is 1. The van der Waals surface area contributed by atoms with E-state index in [1.165, 1.54) is 59.2 Å². The zero-order chi connectivity index (χ0) is 34.1. The van der Waals surface area contributed by atoms with E-state index < -0.39 is 0 Å². The fraction of sp³-hybridized carbons (Fsp3) is 0.378. The van der Waals surface area contributed by atoms with Gasteiger partial charge in [-0.25, -0.2) is 0 Å². The van der Waals surface area contributed by atoms with Crippen LogP contribution in [-0.2, 0) is 10.2 Å². The first kappa shape index (κ1) is 34.9. The summed E-state index contributed by atoms with van der Waals surface area (Å²) in [6.07, 6.45) is 32.5. The Balaban J connectivity index is 1.10. The Kier molecular flexibility index (Phi) is 11.8. The quantitative estimate of drug-likeness (QED) is 0.157. The maximum Gasteiger partial charge on any atom is 0.169 e. The van der Waals surface area contributed by atoms with Crippen LogP contribution in [0.15, 0.2) is 124 Å². The molecule has 4 heteroatoms. The van der Waals surface area contributed by atoms with E-state index in [2.05, 4.69) is 96.6 Å². The van der Waals surface area contributed by atoms with Crippen molar-refractivity contribution in [3.8, 4) is 0 Å². The van der Waals surface area contributed by atoms with Gasteiger partial charge in [-0.15, -0.1) is 0 Å². The van der Waals surface area contributed by atoms with E-state index in [1.807, 2.05) is 30.6 Å². The molecule has 2 aliphatic heterocycles. The molecular weight excluding hydrogens is 620 g/mol. The van der Waals surface area contributed by atoms with Crippen molar-refractivity contribution in [2.75, 3.05) is 13.1 Å². The van der Waals surface area contributed by atoms with E-state index in [-0.39, 0.29) is 5.41 Å². The molecule has 0 spiro atoms. The van der Waals surface area contributed by atoms with Gasteiger partial charge in [-0.2, -0.15) is 0 Å². The fourth-order valence-electron chi connectivity index (χ4n) is 7.55. The third-order valence-corrected chi connectivity index (χ3v) is 10.6. The van der Waals surface area contributed by atoms with Gasteiger partial charge in [0.2, 0.25) is 0 Å². The van der Waals surface area contributed by atoms with E-state index in [4.69, 9.17) is 11.6 Å². The van der Waals surface area contributed by atoms with Crippen molar-refractivity contribution in [2.24, 2.45) is 4.99 Å². The number of allylic oxidation sites excluding steroid dienone is 9. The molecule has 0 amide bonds. The lowest BCUT2D eigenvalue weighted by molar-refractivity contribution is -0.118. The highest BCUT2D eigenvalue weighted by Gasteiger charge is 2.51. The highest BCUT2D eigenvalue weighted by molar-refractivity contribution is 6.30. The Morgan fingerprint density at radius 3 is 2.57 bits per heavy atom. The molecule has 0 N–H and O–H groups in total. The Bertz CT molecular complexity index is 1750. The molecule has 0 unspecified atom stereocenters. The molecule has 2 aliphatic carbocycles. The van der Waals surface area contributed by atoms with Crippen molar-refractivity contribution in [1.29, 1.82) is 0 Å². The van der Waals surface area contributed by atoms with Gasteiger partial charge in [0.05, 0.1) is 5.41 Å². The highest BCUT2D eigenvalue weighted by Crippen LogP contribution is 2.51. The summed E-state index contributed by atoms with van der Waals surface area (Å²) in [7, 11) is 0. The standard InChI is InChI=1S/C45H51ClN2O/c1-3-11-34(12-4-2)13-6-5-7-14-35-19-21-36(22-20-35)38-23-24-39-33-47-28-25-43(42(39)31-38)48-29-9-15-37(16-10-30-48)44(49)45(26-27-45)40-17-8-18-41(46)32-40/h7-8,13-15,17-23,25,28,31-33H,3-6,9-12,16,24,26-27,29-30H2,1-2H3/b14-7+,37-15-. The highest BCUT2D eigenvalue weighted by atomic mass is 35.5. The van der Waals surface area contributed by atoms with Gasteiger partial charge in [-0.1, -0.05) is 111 Å². The first-order valence-electron chi connectivity index (χ1n) is 18.6. The van der Waals surface area contributed by atoms with Crippen LogP contribution in [0.4, 0.5) is 0 Å². The molecule has 0 radical (unpaired) electrons. The monoisotopic (exact) mass is 670 g/mol. The number of carbonyl (C=O) groups is 1. The molecule has 2 heterocycles. The number of ketones is 1. The summed E-state index contributed by atoms with van der Waals surface area (Å²) in [5.74, 6) is 0.307. The summed E-state index contributed by atoms with van der Waals surface area (Å²) < 4.78 is 0. The van der Waals surface area contributed by atoms with Crippen molar-refractivity contribution in [2.45, 2.75) is 96.3 Å². The average Bonchev–Trinajstić information content (AvgIpc) is 3.93. The van der Waals surface area contributed by atoms with Gasteiger partial charge in [-0.3, -0.25) is 9.79 Å². The third kappa shape index (κ3) is 8.62. The number of rotatable bonds is 13. The molecule has 0 atom stereocenters. The van der Waals surface area contributed by atoms with Gasteiger partial charge in [0, 0.05) is 41.8 Å². The summed E-state index contributed by atoms with van der Waals surface area (Å²) in [5, 5.41) is 0.703. The Hall–Kier alpha value is -3.95. The predicted octanol–water partition coefficient (Wildman–Crippen LogP) is 11.9. The molecule has 6 rings (SSSR count). The van der Waals surface area contributed by atoms with Crippen LogP contribution in [0.5, 0.6) is 0 Å². The number of hydrogen-bond acceptors (Lipinski definition) is 3. The van der Waals surface area contributed by atoms with E-state index in [9.17, 15) is 4.79 Å². The summed E-state index contributed by atoms with van der Waals surface area (Å²) in [5.41, 5.74) is 10.8. The van der Waals surface area contributed by atoms with E-state index >= 15 is 0 Å². The number of benzene rings is 2. The molecule has 4 aliphatic rings. The van der Waals surface area contributed by atoms with Crippen LogP contribution in [0, 0.1) is 0 Å². The lowest BCUT2D eigenvalue weighted by atomic mass is 9.85. The SMILES string of the molecule is CCCC(=CCC/C=C/c1ccc(C2=CCC3=CN=CC=C(N4CC/C=C(\C(=O)C5(c6cccc(Cl)c6)CC5)CCC4)C3=C2)cc1)CCC. The Morgan fingerprint density at radius 1 is 1.00 bits per heavy atom. The molecule has 0 bridgehead atoms. The van der Waals surface area contributed by atoms with Crippen LogP contribution in [0.1, 0.15) is 108 Å². The topological polar surface area (TPSA) is 32.7 Å². The second kappa shape index (κ2) is 16.6. The normalized spacial score (nSPS) is 19.7. The average molecular weight is 671 g/mol. The lowest BCUT2D eigenvalue weighted by Crippen LogP contribution is -2.30. The molecule has 0 saturated heterocycles. The number of unbranched alkanes of at least 4 members (excludes halogenated alkanes) is 1. The van der Waals surface area contributed by atoms with Crippen LogP contribution in [0.2, 0.25) is 5.02 Å². The first-order chi connectivity index (χ1) is 24.0. The minimum absolute atomic E-state index is 0.307. The summed E-state index contributed by atoms with van der Waals surface area (Å²) in [6.45, 7) is 6.32. The van der Waals surface area contributed by atoms with E-state index in [1.54, 1.807) is 5.57 Å². The molecule has 2 aromatic carbocycles.